The van der Waals surface area contributed by atoms with Crippen LogP contribution in [0.2, 0.25) is 0 Å². The van der Waals surface area contributed by atoms with Crippen LogP contribution >= 0.6 is 0 Å². The van der Waals surface area contributed by atoms with Gasteiger partial charge in [-0.05, 0) is 42.0 Å². The molecule has 4 rings (SSSR count). The molecule has 0 aliphatic carbocycles. The van der Waals surface area contributed by atoms with Gasteiger partial charge < -0.3 is 10.4 Å². The second-order valence-electron chi connectivity index (χ2n) is 6.34. The molecule has 0 aliphatic heterocycles. The largest absolute Gasteiger partial charge is 0.481 e. The first-order chi connectivity index (χ1) is 14.3. The molecule has 0 fully saturated rings. The zero-order valence-corrected chi connectivity index (χ0v) is 16.1. The highest BCUT2D eigenvalue weighted by atomic mass is 32.2. The Balaban J connectivity index is 1.66. The van der Waals surface area contributed by atoms with Crippen LogP contribution in [0.25, 0.3) is 16.9 Å². The van der Waals surface area contributed by atoms with E-state index < -0.39 is 16.0 Å². The molecule has 2 aromatic heterocycles. The van der Waals surface area contributed by atoms with Crippen molar-refractivity contribution in [2.75, 3.05) is 5.32 Å². The fraction of sp³-hybridized carbons (Fsp3) is 0.0556. The third-order valence-electron chi connectivity index (χ3n) is 4.14. The highest BCUT2D eigenvalue weighted by Crippen LogP contribution is 2.20. The standard InChI is InChI=1S/C18H15N7O4S/c19-30(28,29)14-6-4-12(5-7-14)21-18-20-10-15-17(22-18)25(24-23-15)13-3-1-2-11(8-13)9-16(26)27/h1-8,10H,9H2,(H,26,27)(H2,19,28,29)(H,20,21,22). The van der Waals surface area contributed by atoms with Crippen LogP contribution in [0, 0.1) is 0 Å². The van der Waals surface area contributed by atoms with E-state index in [1.165, 1.54) is 35.1 Å². The fourth-order valence-corrected chi connectivity index (χ4v) is 3.31. The topological polar surface area (TPSA) is 166 Å². The van der Waals surface area contributed by atoms with E-state index in [9.17, 15) is 13.2 Å². The molecule has 2 aromatic carbocycles. The summed E-state index contributed by atoms with van der Waals surface area (Å²) in [6, 6.07) is 12.7. The van der Waals surface area contributed by atoms with Gasteiger partial charge in [-0.2, -0.15) is 9.67 Å². The summed E-state index contributed by atoms with van der Waals surface area (Å²) in [5, 5.41) is 25.2. The Labute approximate surface area is 170 Å². The van der Waals surface area contributed by atoms with E-state index in [1.807, 2.05) is 0 Å². The van der Waals surface area contributed by atoms with Crippen molar-refractivity contribution < 1.29 is 18.3 Å². The number of aromatic nitrogens is 5. The van der Waals surface area contributed by atoms with Gasteiger partial charge in [0.25, 0.3) is 0 Å². The van der Waals surface area contributed by atoms with Gasteiger partial charge in [-0.1, -0.05) is 17.3 Å². The number of sulfonamides is 1. The van der Waals surface area contributed by atoms with E-state index in [-0.39, 0.29) is 17.3 Å². The van der Waals surface area contributed by atoms with Crippen LogP contribution in [0.1, 0.15) is 5.56 Å². The zero-order valence-electron chi connectivity index (χ0n) is 15.3. The van der Waals surface area contributed by atoms with Gasteiger partial charge in [0.15, 0.2) is 11.2 Å². The van der Waals surface area contributed by atoms with Gasteiger partial charge in [-0.15, -0.1) is 5.10 Å². The molecule has 4 N–H and O–H groups in total. The zero-order chi connectivity index (χ0) is 21.3. The molecule has 2 heterocycles. The van der Waals surface area contributed by atoms with E-state index in [0.717, 1.165) is 0 Å². The van der Waals surface area contributed by atoms with Gasteiger partial charge in [-0.3, -0.25) is 4.79 Å². The summed E-state index contributed by atoms with van der Waals surface area (Å²) >= 11 is 0. The quantitative estimate of drug-likeness (QED) is 0.412. The Bertz CT molecular complexity index is 1350. The summed E-state index contributed by atoms with van der Waals surface area (Å²) < 4.78 is 24.2. The van der Waals surface area contributed by atoms with Gasteiger partial charge in [0.05, 0.1) is 23.2 Å². The molecule has 30 heavy (non-hydrogen) atoms. The van der Waals surface area contributed by atoms with Crippen LogP contribution < -0.4 is 10.5 Å². The van der Waals surface area contributed by atoms with Crippen molar-refractivity contribution in [2.45, 2.75) is 11.3 Å². The number of carboxylic acid groups (broad SMARTS) is 1. The van der Waals surface area contributed by atoms with Crippen molar-refractivity contribution in [3.8, 4) is 5.69 Å². The Morgan fingerprint density at radius 1 is 1.17 bits per heavy atom. The smallest absolute Gasteiger partial charge is 0.307 e. The van der Waals surface area contributed by atoms with Gasteiger partial charge in [0.2, 0.25) is 16.0 Å². The molecule has 0 saturated heterocycles. The third kappa shape index (κ3) is 4.09. The maximum atomic E-state index is 11.4. The van der Waals surface area contributed by atoms with Crippen LogP contribution in [0.15, 0.2) is 59.6 Å². The van der Waals surface area contributed by atoms with Crippen molar-refractivity contribution in [3.63, 3.8) is 0 Å². The van der Waals surface area contributed by atoms with Crippen LogP contribution in [0.4, 0.5) is 11.6 Å². The molecular formula is C18H15N7O4S. The first-order valence-electron chi connectivity index (χ1n) is 8.59. The van der Waals surface area contributed by atoms with E-state index >= 15 is 0 Å². The lowest BCUT2D eigenvalue weighted by Crippen LogP contribution is -2.11. The van der Waals surface area contributed by atoms with Crippen LogP contribution in [-0.4, -0.2) is 44.5 Å². The molecule has 12 heteroatoms. The minimum absolute atomic E-state index is 0.00654. The Hall–Kier alpha value is -3.90. The molecule has 0 amide bonds. The predicted molar refractivity (Wildman–Crippen MR) is 107 cm³/mol. The maximum absolute atomic E-state index is 11.4. The number of primary sulfonamides is 1. The van der Waals surface area contributed by atoms with Crippen molar-refractivity contribution in [1.29, 1.82) is 0 Å². The maximum Gasteiger partial charge on any atom is 0.307 e. The first-order valence-corrected chi connectivity index (χ1v) is 10.1. The number of rotatable bonds is 6. The second kappa shape index (κ2) is 7.50. The lowest BCUT2D eigenvalue weighted by molar-refractivity contribution is -0.136. The Kier molecular flexibility index (Phi) is 4.85. The summed E-state index contributed by atoms with van der Waals surface area (Å²) in [4.78, 5) is 19.6. The number of hydrogen-bond donors (Lipinski definition) is 3. The normalized spacial score (nSPS) is 11.5. The Morgan fingerprint density at radius 3 is 2.63 bits per heavy atom. The molecule has 0 radical (unpaired) electrons. The van der Waals surface area contributed by atoms with Gasteiger partial charge in [0, 0.05) is 5.69 Å². The highest BCUT2D eigenvalue weighted by molar-refractivity contribution is 7.89. The number of carbonyl (C=O) groups is 1. The number of fused-ring (bicyclic) bond motifs is 1. The van der Waals surface area contributed by atoms with Crippen molar-refractivity contribution in [1.82, 2.24) is 25.0 Å². The van der Waals surface area contributed by atoms with Gasteiger partial charge in [-0.25, -0.2) is 18.5 Å². The molecule has 0 spiro atoms. The first kappa shape index (κ1) is 19.4. The lowest BCUT2D eigenvalue weighted by Gasteiger charge is -2.07. The predicted octanol–water partition coefficient (Wildman–Crippen LogP) is 1.23. The second-order valence-corrected chi connectivity index (χ2v) is 7.90. The molecule has 0 atom stereocenters. The number of aliphatic carboxylic acids is 1. The van der Waals surface area contributed by atoms with E-state index in [1.54, 1.807) is 24.3 Å². The summed E-state index contributed by atoms with van der Waals surface area (Å²) in [7, 11) is -3.78. The fourth-order valence-electron chi connectivity index (χ4n) is 2.79. The van der Waals surface area contributed by atoms with Gasteiger partial charge >= 0.3 is 5.97 Å². The van der Waals surface area contributed by atoms with E-state index in [4.69, 9.17) is 10.2 Å². The SMILES string of the molecule is NS(=O)(=O)c1ccc(Nc2ncc3nnn(-c4cccc(CC(=O)O)c4)c3n2)cc1. The summed E-state index contributed by atoms with van der Waals surface area (Å²) in [6.45, 7) is 0. The monoisotopic (exact) mass is 425 g/mol. The molecular weight excluding hydrogens is 410 g/mol. The number of anilines is 2. The van der Waals surface area contributed by atoms with Crippen molar-refractivity contribution >= 4 is 38.8 Å². The average Bonchev–Trinajstić information content (AvgIpc) is 3.11. The summed E-state index contributed by atoms with van der Waals surface area (Å²) in [5.74, 6) is -0.686. The van der Waals surface area contributed by atoms with Crippen molar-refractivity contribution in [3.05, 3.63) is 60.3 Å². The number of benzene rings is 2. The third-order valence-corrected chi connectivity index (χ3v) is 5.07. The molecule has 11 nitrogen and oxygen atoms in total. The van der Waals surface area contributed by atoms with Gasteiger partial charge in [0.1, 0.15) is 0 Å². The minimum Gasteiger partial charge on any atom is -0.481 e. The van der Waals surface area contributed by atoms with E-state index in [2.05, 4.69) is 25.6 Å². The van der Waals surface area contributed by atoms with Crippen LogP contribution in [-0.2, 0) is 21.2 Å². The molecule has 4 aromatic rings. The molecule has 0 bridgehead atoms. The van der Waals surface area contributed by atoms with Crippen molar-refractivity contribution in [2.24, 2.45) is 5.14 Å². The molecule has 0 aliphatic rings. The highest BCUT2D eigenvalue weighted by Gasteiger charge is 2.12. The summed E-state index contributed by atoms with van der Waals surface area (Å²) in [6.07, 6.45) is 1.38. The number of nitrogens with one attached hydrogen (secondary N) is 1. The molecule has 152 valence electrons. The van der Waals surface area contributed by atoms with Crippen LogP contribution in [0.5, 0.6) is 0 Å². The molecule has 0 unspecified atom stereocenters. The summed E-state index contributed by atoms with van der Waals surface area (Å²) in [5.41, 5.74) is 2.66. The lowest BCUT2D eigenvalue weighted by atomic mass is 10.1. The minimum atomic E-state index is -3.78. The number of nitrogens with two attached hydrogens (primary N) is 1. The van der Waals surface area contributed by atoms with E-state index in [0.29, 0.717) is 28.1 Å². The number of nitrogens with zero attached hydrogens (tertiary/aromatic N) is 5. The number of hydrogen-bond acceptors (Lipinski definition) is 8. The number of carboxylic acids is 1. The van der Waals surface area contributed by atoms with Crippen LogP contribution in [0.3, 0.4) is 0 Å². The Morgan fingerprint density at radius 2 is 1.93 bits per heavy atom. The molecule has 0 saturated carbocycles. The average molecular weight is 425 g/mol.